The molecule has 18 heavy (non-hydrogen) atoms. The molecule has 1 heterocycles. The lowest BCUT2D eigenvalue weighted by Gasteiger charge is -2.21. The minimum Gasteiger partial charge on any atom is -0.291 e. The smallest absolute Gasteiger partial charge is 0.233 e. The molecule has 0 spiro atoms. The second-order valence-electron chi connectivity index (χ2n) is 3.96. The van der Waals surface area contributed by atoms with Gasteiger partial charge >= 0.3 is 0 Å². The highest BCUT2D eigenvalue weighted by Gasteiger charge is 2.14. The molecule has 1 aromatic rings. The van der Waals surface area contributed by atoms with Crippen molar-refractivity contribution >= 4 is 11.6 Å². The molecule has 0 radical (unpaired) electrons. The summed E-state index contributed by atoms with van der Waals surface area (Å²) in [5.41, 5.74) is 3.84. The van der Waals surface area contributed by atoms with Crippen LogP contribution in [0.4, 0.5) is 0 Å². The van der Waals surface area contributed by atoms with Gasteiger partial charge in [-0.15, -0.1) is 0 Å². The summed E-state index contributed by atoms with van der Waals surface area (Å²) >= 11 is 5.67. The summed E-state index contributed by atoms with van der Waals surface area (Å²) in [4.78, 5) is 14.1. The highest BCUT2D eigenvalue weighted by atomic mass is 35.5. The minimum absolute atomic E-state index is 0.209. The Morgan fingerprint density at radius 3 is 2.78 bits per heavy atom. The lowest BCUT2D eigenvalue weighted by Crippen LogP contribution is -2.51. The van der Waals surface area contributed by atoms with Gasteiger partial charge < -0.3 is 0 Å². The summed E-state index contributed by atoms with van der Waals surface area (Å²) in [7, 11) is 3.55. The third-order valence-corrected chi connectivity index (χ3v) is 2.31. The third-order valence-electron chi connectivity index (χ3n) is 2.09. The number of nitrogens with zero attached hydrogens (tertiary/aromatic N) is 3. The van der Waals surface area contributed by atoms with Crippen molar-refractivity contribution in [2.75, 3.05) is 20.6 Å². The average Bonchev–Trinajstić information content (AvgIpc) is 2.26. The highest BCUT2D eigenvalue weighted by Crippen LogP contribution is 2.04. The maximum Gasteiger partial charge on any atom is 0.233 e. The van der Waals surface area contributed by atoms with E-state index in [9.17, 15) is 10.1 Å². The molecule has 8 heteroatoms. The van der Waals surface area contributed by atoms with E-state index in [0.29, 0.717) is 11.7 Å². The lowest BCUT2D eigenvalue weighted by atomic mass is 10.3. The van der Waals surface area contributed by atoms with Gasteiger partial charge in [0.15, 0.2) is 0 Å². The molecule has 0 saturated carbocycles. The van der Waals surface area contributed by atoms with Gasteiger partial charge in [0.1, 0.15) is 11.3 Å². The first-order valence-corrected chi connectivity index (χ1v) is 5.74. The van der Waals surface area contributed by atoms with Gasteiger partial charge in [-0.05, 0) is 11.6 Å². The van der Waals surface area contributed by atoms with Crippen molar-refractivity contribution in [2.45, 2.75) is 12.7 Å². The van der Waals surface area contributed by atoms with E-state index in [4.69, 9.17) is 11.6 Å². The van der Waals surface area contributed by atoms with Crippen LogP contribution in [0, 0.1) is 10.1 Å². The first-order chi connectivity index (χ1) is 8.47. The standard InChI is InChI=1S/C10H16ClN5O2/c1-15(2)14-10(7-16(17)18)13-6-8-3-4-9(11)12-5-8/h3-5,10,13-14H,6-7H2,1-2H3. The number of nitrogens with one attached hydrogen (secondary N) is 2. The molecule has 2 N–H and O–H groups in total. The fourth-order valence-corrected chi connectivity index (χ4v) is 1.48. The molecule has 0 aromatic carbocycles. The summed E-state index contributed by atoms with van der Waals surface area (Å²) in [6.07, 6.45) is 1.19. The van der Waals surface area contributed by atoms with Crippen LogP contribution in [0.15, 0.2) is 18.3 Å². The SMILES string of the molecule is CN(C)NC(C[N+](=O)[O-])NCc1ccc(Cl)nc1. The highest BCUT2D eigenvalue weighted by molar-refractivity contribution is 6.29. The van der Waals surface area contributed by atoms with E-state index >= 15 is 0 Å². The van der Waals surface area contributed by atoms with Gasteiger partial charge in [0.25, 0.3) is 0 Å². The van der Waals surface area contributed by atoms with Crippen LogP contribution in [-0.4, -0.2) is 41.7 Å². The van der Waals surface area contributed by atoms with Crippen LogP contribution in [0.3, 0.4) is 0 Å². The normalized spacial score (nSPS) is 12.7. The molecule has 1 unspecified atom stereocenters. The molecule has 0 aliphatic heterocycles. The topological polar surface area (TPSA) is 83.3 Å². The largest absolute Gasteiger partial charge is 0.291 e. The fraction of sp³-hybridized carbons (Fsp3) is 0.500. The molecular formula is C10H16ClN5O2. The molecule has 100 valence electrons. The Labute approximate surface area is 110 Å². The van der Waals surface area contributed by atoms with Crippen molar-refractivity contribution in [2.24, 2.45) is 0 Å². The van der Waals surface area contributed by atoms with E-state index < -0.39 is 6.17 Å². The third kappa shape index (κ3) is 5.87. The molecular weight excluding hydrogens is 258 g/mol. The second-order valence-corrected chi connectivity index (χ2v) is 4.35. The molecule has 1 aromatic heterocycles. The zero-order valence-corrected chi connectivity index (χ0v) is 11.0. The molecule has 1 atom stereocenters. The van der Waals surface area contributed by atoms with E-state index in [0.717, 1.165) is 5.56 Å². The Balaban J connectivity index is 2.50. The molecule has 0 amide bonds. The van der Waals surface area contributed by atoms with Crippen LogP contribution < -0.4 is 10.7 Å². The van der Waals surface area contributed by atoms with Crippen LogP contribution in [0.2, 0.25) is 5.15 Å². The maximum atomic E-state index is 10.5. The first kappa shape index (κ1) is 14.8. The van der Waals surface area contributed by atoms with Crippen LogP contribution in [0.25, 0.3) is 0 Å². The van der Waals surface area contributed by atoms with Crippen LogP contribution in [0.1, 0.15) is 5.56 Å². The van der Waals surface area contributed by atoms with E-state index in [2.05, 4.69) is 15.7 Å². The zero-order chi connectivity index (χ0) is 13.5. The molecule has 0 aliphatic carbocycles. The van der Waals surface area contributed by atoms with Crippen LogP contribution in [0.5, 0.6) is 0 Å². The molecule has 0 saturated heterocycles. The van der Waals surface area contributed by atoms with E-state index in [1.165, 1.54) is 0 Å². The number of halogens is 1. The van der Waals surface area contributed by atoms with Crippen molar-refractivity contribution in [3.05, 3.63) is 39.2 Å². The average molecular weight is 274 g/mol. The van der Waals surface area contributed by atoms with E-state index in [1.54, 1.807) is 31.4 Å². The number of hydrazine groups is 1. The van der Waals surface area contributed by atoms with Crippen LogP contribution >= 0.6 is 11.6 Å². The summed E-state index contributed by atoms with van der Waals surface area (Å²) in [5.74, 6) is 0. The molecule has 7 nitrogen and oxygen atoms in total. The fourth-order valence-electron chi connectivity index (χ4n) is 1.36. The number of pyridine rings is 1. The quantitative estimate of drug-likeness (QED) is 0.326. The van der Waals surface area contributed by atoms with Crippen molar-refractivity contribution in [3.8, 4) is 0 Å². The van der Waals surface area contributed by atoms with Gasteiger partial charge in [0.2, 0.25) is 6.54 Å². The van der Waals surface area contributed by atoms with Crippen molar-refractivity contribution in [1.82, 2.24) is 20.7 Å². The Kier molecular flexibility index (Phi) is 5.93. The number of hydrogen-bond acceptors (Lipinski definition) is 6. The van der Waals surface area contributed by atoms with Crippen molar-refractivity contribution in [3.63, 3.8) is 0 Å². The molecule has 1 rings (SSSR count). The first-order valence-electron chi connectivity index (χ1n) is 5.36. The van der Waals surface area contributed by atoms with Gasteiger partial charge in [0.05, 0.1) is 0 Å². The Hall–Kier alpha value is -1.28. The van der Waals surface area contributed by atoms with Gasteiger partial charge in [0, 0.05) is 31.8 Å². The Morgan fingerprint density at radius 1 is 1.56 bits per heavy atom. The number of rotatable bonds is 7. The van der Waals surface area contributed by atoms with E-state index in [1.807, 2.05) is 6.07 Å². The van der Waals surface area contributed by atoms with Gasteiger partial charge in [-0.1, -0.05) is 17.7 Å². The minimum atomic E-state index is -0.439. The summed E-state index contributed by atoms with van der Waals surface area (Å²) < 4.78 is 0. The predicted octanol–water partition coefficient (Wildman–Crippen LogP) is 0.494. The van der Waals surface area contributed by atoms with E-state index in [-0.39, 0.29) is 11.5 Å². The monoisotopic (exact) mass is 273 g/mol. The molecule has 0 bridgehead atoms. The van der Waals surface area contributed by atoms with Gasteiger partial charge in [-0.3, -0.25) is 15.4 Å². The molecule has 0 aliphatic rings. The Bertz CT molecular complexity index is 384. The van der Waals surface area contributed by atoms with Crippen molar-refractivity contribution < 1.29 is 4.92 Å². The second kappa shape index (κ2) is 7.22. The van der Waals surface area contributed by atoms with Gasteiger partial charge in [-0.2, -0.15) is 0 Å². The number of hydrogen-bond donors (Lipinski definition) is 2. The zero-order valence-electron chi connectivity index (χ0n) is 10.3. The number of nitro groups is 1. The number of aromatic nitrogens is 1. The Morgan fingerprint density at radius 2 is 2.28 bits per heavy atom. The van der Waals surface area contributed by atoms with Crippen LogP contribution in [-0.2, 0) is 6.54 Å². The maximum absolute atomic E-state index is 10.5. The summed E-state index contributed by atoms with van der Waals surface area (Å²) in [6.45, 7) is 0.267. The van der Waals surface area contributed by atoms with Crippen molar-refractivity contribution in [1.29, 1.82) is 0 Å². The predicted molar refractivity (Wildman–Crippen MR) is 68.6 cm³/mol. The lowest BCUT2D eigenvalue weighted by molar-refractivity contribution is -0.485. The summed E-state index contributed by atoms with van der Waals surface area (Å²) in [5, 5.41) is 15.7. The summed E-state index contributed by atoms with van der Waals surface area (Å²) in [6, 6.07) is 3.50. The molecule has 0 fully saturated rings. The van der Waals surface area contributed by atoms with Gasteiger partial charge in [-0.25, -0.2) is 15.4 Å².